The summed E-state index contributed by atoms with van der Waals surface area (Å²) in [5.74, 6) is 0. The summed E-state index contributed by atoms with van der Waals surface area (Å²) in [6.07, 6.45) is 0.680. The third-order valence-electron chi connectivity index (χ3n) is 1.97. The van der Waals surface area contributed by atoms with Gasteiger partial charge in [-0.2, -0.15) is 0 Å². The van der Waals surface area contributed by atoms with Crippen LogP contribution >= 0.6 is 0 Å². The number of aryl methyl sites for hydroxylation is 2. The van der Waals surface area contributed by atoms with Crippen molar-refractivity contribution in [1.29, 1.82) is 0 Å². The first-order valence-electron chi connectivity index (χ1n) is 4.26. The molecule has 15 heavy (non-hydrogen) atoms. The molecule has 0 atom stereocenters. The Labute approximate surface area is 112 Å². The first-order valence-corrected chi connectivity index (χ1v) is 5.67. The van der Waals surface area contributed by atoms with Crippen molar-refractivity contribution in [3.8, 4) is 0 Å². The Balaban J connectivity index is 0.00000196. The Morgan fingerprint density at radius 1 is 1.40 bits per heavy atom. The largest absolute Gasteiger partial charge is 1.00 e. The molecule has 1 rings (SSSR count). The number of nitrogens with one attached hydrogen (secondary N) is 1. The topological polar surface area (TPSA) is 69.2 Å². The molecule has 1 N–H and O–H groups in total. The molecule has 0 aliphatic carbocycles. The maximum atomic E-state index is 10.6. The van der Waals surface area contributed by atoms with Gasteiger partial charge in [0.15, 0.2) is 10.3 Å². The van der Waals surface area contributed by atoms with Gasteiger partial charge in [-0.25, -0.2) is 8.42 Å². The second-order valence-corrected chi connectivity index (χ2v) is 4.13. The van der Waals surface area contributed by atoms with Crippen molar-refractivity contribution < 1.29 is 42.5 Å². The van der Waals surface area contributed by atoms with Crippen molar-refractivity contribution in [3.63, 3.8) is 0 Å². The average molecular weight is 237 g/mol. The van der Waals surface area contributed by atoms with Crippen LogP contribution in [0.2, 0.25) is 0 Å². The first-order chi connectivity index (χ1) is 6.44. The SMILES string of the molecule is CCc1cccc(C)c1NS(=O)(=O)[O-].[Na+]. The van der Waals surface area contributed by atoms with Crippen LogP contribution in [0.3, 0.4) is 0 Å². The minimum absolute atomic E-state index is 0. The fraction of sp³-hybridized carbons (Fsp3) is 0.333. The molecule has 0 heterocycles. The number of anilines is 1. The van der Waals surface area contributed by atoms with E-state index in [1.807, 2.05) is 17.7 Å². The molecule has 0 saturated heterocycles. The molecular weight excluding hydrogens is 225 g/mol. The summed E-state index contributed by atoms with van der Waals surface area (Å²) in [4.78, 5) is 0. The van der Waals surface area contributed by atoms with Crippen LogP contribution in [0, 0.1) is 6.92 Å². The van der Waals surface area contributed by atoms with Crippen LogP contribution in [0.25, 0.3) is 0 Å². The Morgan fingerprint density at radius 3 is 2.47 bits per heavy atom. The van der Waals surface area contributed by atoms with Crippen LogP contribution in [0.5, 0.6) is 0 Å². The van der Waals surface area contributed by atoms with E-state index in [9.17, 15) is 13.0 Å². The van der Waals surface area contributed by atoms with Gasteiger partial charge in [-0.1, -0.05) is 25.1 Å². The van der Waals surface area contributed by atoms with Crippen LogP contribution in [0.1, 0.15) is 18.1 Å². The number of hydrogen-bond acceptors (Lipinski definition) is 3. The molecular formula is C9H12NNaO3S. The second-order valence-electron chi connectivity index (χ2n) is 3.02. The van der Waals surface area contributed by atoms with Gasteiger partial charge in [-0.15, -0.1) is 0 Å². The van der Waals surface area contributed by atoms with E-state index in [1.54, 1.807) is 19.1 Å². The van der Waals surface area contributed by atoms with Gasteiger partial charge >= 0.3 is 29.6 Å². The summed E-state index contributed by atoms with van der Waals surface area (Å²) >= 11 is 0. The summed E-state index contributed by atoms with van der Waals surface area (Å²) in [6.45, 7) is 3.66. The van der Waals surface area contributed by atoms with Crippen molar-refractivity contribution in [2.75, 3.05) is 4.72 Å². The number of benzene rings is 1. The normalized spacial score (nSPS) is 10.6. The quantitative estimate of drug-likeness (QED) is 0.510. The van der Waals surface area contributed by atoms with Gasteiger partial charge in [0.2, 0.25) is 0 Å². The molecule has 0 spiro atoms. The first kappa shape index (κ1) is 14.9. The van der Waals surface area contributed by atoms with Crippen LogP contribution in [0.15, 0.2) is 18.2 Å². The van der Waals surface area contributed by atoms with E-state index >= 15 is 0 Å². The third-order valence-corrected chi connectivity index (χ3v) is 2.42. The smallest absolute Gasteiger partial charge is 0.731 e. The molecule has 0 bridgehead atoms. The molecule has 6 heteroatoms. The van der Waals surface area contributed by atoms with Crippen molar-refractivity contribution >= 4 is 16.0 Å². The molecule has 0 aliphatic heterocycles. The third kappa shape index (κ3) is 4.53. The molecule has 0 aromatic heterocycles. The van der Waals surface area contributed by atoms with E-state index in [0.29, 0.717) is 12.1 Å². The molecule has 0 aliphatic rings. The van der Waals surface area contributed by atoms with E-state index in [0.717, 1.165) is 11.1 Å². The minimum atomic E-state index is -4.43. The summed E-state index contributed by atoms with van der Waals surface area (Å²) in [7, 11) is -4.43. The molecule has 0 amide bonds. The predicted molar refractivity (Wildman–Crippen MR) is 53.9 cm³/mol. The van der Waals surface area contributed by atoms with E-state index in [4.69, 9.17) is 0 Å². The molecule has 78 valence electrons. The Morgan fingerprint density at radius 2 is 2.00 bits per heavy atom. The zero-order valence-electron chi connectivity index (χ0n) is 9.07. The molecule has 1 aromatic carbocycles. The van der Waals surface area contributed by atoms with Gasteiger partial charge in [0.1, 0.15) is 0 Å². The maximum absolute atomic E-state index is 10.6. The van der Waals surface area contributed by atoms with E-state index in [2.05, 4.69) is 0 Å². The van der Waals surface area contributed by atoms with Gasteiger partial charge in [0.05, 0.1) is 5.69 Å². The van der Waals surface area contributed by atoms with Crippen LogP contribution in [-0.4, -0.2) is 13.0 Å². The summed E-state index contributed by atoms with van der Waals surface area (Å²) in [5.41, 5.74) is 1.98. The number of hydrogen-bond donors (Lipinski definition) is 1. The molecule has 0 saturated carbocycles. The fourth-order valence-electron chi connectivity index (χ4n) is 1.29. The van der Waals surface area contributed by atoms with E-state index < -0.39 is 10.3 Å². The van der Waals surface area contributed by atoms with Crippen LogP contribution in [0.4, 0.5) is 5.69 Å². The molecule has 0 fully saturated rings. The second kappa shape index (κ2) is 5.86. The van der Waals surface area contributed by atoms with Gasteiger partial charge in [0.25, 0.3) is 0 Å². The molecule has 0 radical (unpaired) electrons. The summed E-state index contributed by atoms with van der Waals surface area (Å²) in [5, 5.41) is 0. The fourth-order valence-corrected chi connectivity index (χ4v) is 1.84. The van der Waals surface area contributed by atoms with E-state index in [-0.39, 0.29) is 29.6 Å². The van der Waals surface area contributed by atoms with Crippen molar-refractivity contribution in [1.82, 2.24) is 0 Å². The Bertz CT molecular complexity index is 431. The number of para-hydroxylation sites is 1. The van der Waals surface area contributed by atoms with Crippen LogP contribution in [-0.2, 0) is 16.7 Å². The molecule has 0 unspecified atom stereocenters. The maximum Gasteiger partial charge on any atom is 1.00 e. The standard InChI is InChI=1S/C9H13NO3S.Na/c1-3-8-6-4-5-7(2)9(8)10-14(11,12)13;/h4-6,10H,3H2,1-2H3,(H,11,12,13);/q;+1/p-1. The Hall–Kier alpha value is -0.0700. The molecule has 4 nitrogen and oxygen atoms in total. The summed E-state index contributed by atoms with van der Waals surface area (Å²) in [6, 6.07) is 5.38. The average Bonchev–Trinajstić information content (AvgIpc) is 2.06. The molecule has 1 aromatic rings. The van der Waals surface area contributed by atoms with Crippen molar-refractivity contribution in [2.24, 2.45) is 0 Å². The summed E-state index contributed by atoms with van der Waals surface area (Å²) < 4.78 is 33.6. The predicted octanol–water partition coefficient (Wildman–Crippen LogP) is -1.57. The zero-order chi connectivity index (χ0) is 10.8. The van der Waals surface area contributed by atoms with Gasteiger partial charge < -0.3 is 4.55 Å². The zero-order valence-corrected chi connectivity index (χ0v) is 11.9. The van der Waals surface area contributed by atoms with Crippen LogP contribution < -0.4 is 34.3 Å². The van der Waals surface area contributed by atoms with Gasteiger partial charge in [-0.05, 0) is 24.5 Å². The number of rotatable bonds is 3. The van der Waals surface area contributed by atoms with Crippen molar-refractivity contribution in [3.05, 3.63) is 29.3 Å². The Kier molecular flexibility index (Phi) is 5.84. The monoisotopic (exact) mass is 237 g/mol. The minimum Gasteiger partial charge on any atom is -0.731 e. The van der Waals surface area contributed by atoms with E-state index in [1.165, 1.54) is 0 Å². The van der Waals surface area contributed by atoms with Gasteiger partial charge in [0, 0.05) is 0 Å². The van der Waals surface area contributed by atoms with Gasteiger partial charge in [-0.3, -0.25) is 4.72 Å². The van der Waals surface area contributed by atoms with Crippen molar-refractivity contribution in [2.45, 2.75) is 20.3 Å².